The van der Waals surface area contributed by atoms with E-state index in [0.717, 1.165) is 22.4 Å². The van der Waals surface area contributed by atoms with Crippen LogP contribution in [0.15, 0.2) is 94.6 Å². The van der Waals surface area contributed by atoms with Gasteiger partial charge in [0, 0.05) is 5.69 Å². The summed E-state index contributed by atoms with van der Waals surface area (Å²) < 4.78 is 5.94. The van der Waals surface area contributed by atoms with Crippen LogP contribution in [0.2, 0.25) is 0 Å². The number of nitrogens with one attached hydrogen (secondary N) is 1. The molecule has 150 valence electrons. The van der Waals surface area contributed by atoms with E-state index < -0.39 is 0 Å². The number of carbonyl (C=O) groups is 1. The summed E-state index contributed by atoms with van der Waals surface area (Å²) in [5.41, 5.74) is 3.97. The Morgan fingerprint density at radius 2 is 1.50 bits per heavy atom. The van der Waals surface area contributed by atoms with Crippen molar-refractivity contribution < 1.29 is 9.21 Å². The lowest BCUT2D eigenvalue weighted by Crippen LogP contribution is -2.14. The van der Waals surface area contributed by atoms with E-state index in [1.807, 2.05) is 91.9 Å². The van der Waals surface area contributed by atoms with Crippen LogP contribution in [0, 0.1) is 6.92 Å². The van der Waals surface area contributed by atoms with E-state index in [2.05, 4.69) is 15.5 Å². The fourth-order valence-corrected chi connectivity index (χ4v) is 3.76. The van der Waals surface area contributed by atoms with Gasteiger partial charge in [0.2, 0.25) is 11.8 Å². The zero-order chi connectivity index (χ0) is 20.8. The fraction of sp³-hybridized carbons (Fsp3) is 0.125. The zero-order valence-corrected chi connectivity index (χ0v) is 17.3. The van der Waals surface area contributed by atoms with Crippen molar-refractivity contribution in [2.75, 3.05) is 11.1 Å². The standard InChI is InChI=1S/C24H21N3O2S/c1-17-10-8-9-15-20(17)25-21(28)16-30-24-27-26-23(29-24)22(18-11-4-2-5-12-18)19-13-6-3-7-14-19/h2-15,22H,16H2,1H3,(H,25,28). The van der Waals surface area contributed by atoms with Crippen LogP contribution in [0.1, 0.15) is 28.5 Å². The zero-order valence-electron chi connectivity index (χ0n) is 16.5. The first-order valence-corrected chi connectivity index (χ1v) is 10.6. The van der Waals surface area contributed by atoms with Crippen LogP contribution in [0.5, 0.6) is 0 Å². The van der Waals surface area contributed by atoms with Gasteiger partial charge in [-0.1, -0.05) is 90.6 Å². The molecule has 30 heavy (non-hydrogen) atoms. The summed E-state index contributed by atoms with van der Waals surface area (Å²) in [6, 6.07) is 27.8. The lowest BCUT2D eigenvalue weighted by Gasteiger charge is -2.13. The fourth-order valence-electron chi connectivity index (χ4n) is 3.19. The molecule has 6 heteroatoms. The van der Waals surface area contributed by atoms with Gasteiger partial charge in [-0.25, -0.2) is 0 Å². The second-order valence-corrected chi connectivity index (χ2v) is 7.74. The predicted octanol–water partition coefficient (Wildman–Crippen LogP) is 5.29. The number of nitrogens with zero attached hydrogens (tertiary/aromatic N) is 2. The molecule has 4 aromatic rings. The molecule has 0 saturated carbocycles. The van der Waals surface area contributed by atoms with Gasteiger partial charge in [0.25, 0.3) is 5.22 Å². The first-order valence-electron chi connectivity index (χ1n) is 9.62. The molecule has 0 aliphatic rings. The molecule has 0 atom stereocenters. The number of anilines is 1. The molecular formula is C24H21N3O2S. The third-order valence-corrected chi connectivity index (χ3v) is 5.50. The van der Waals surface area contributed by atoms with Crippen molar-refractivity contribution in [3.8, 4) is 0 Å². The quantitative estimate of drug-likeness (QED) is 0.416. The van der Waals surface area contributed by atoms with Gasteiger partial charge in [0.1, 0.15) is 0 Å². The first-order chi connectivity index (χ1) is 14.7. The molecule has 5 nitrogen and oxygen atoms in total. The lowest BCUT2D eigenvalue weighted by atomic mass is 9.91. The monoisotopic (exact) mass is 415 g/mol. The molecule has 0 bridgehead atoms. The molecule has 0 unspecified atom stereocenters. The number of thioether (sulfide) groups is 1. The molecule has 0 radical (unpaired) electrons. The Morgan fingerprint density at radius 1 is 0.900 bits per heavy atom. The highest BCUT2D eigenvalue weighted by atomic mass is 32.2. The van der Waals surface area contributed by atoms with Crippen molar-refractivity contribution in [3.63, 3.8) is 0 Å². The number of amides is 1. The highest BCUT2D eigenvalue weighted by Crippen LogP contribution is 2.32. The Bertz CT molecular complexity index is 1070. The number of aromatic nitrogens is 2. The van der Waals surface area contributed by atoms with Gasteiger partial charge in [-0.05, 0) is 29.7 Å². The third-order valence-electron chi connectivity index (χ3n) is 4.68. The second kappa shape index (κ2) is 9.41. The van der Waals surface area contributed by atoms with Crippen LogP contribution in [-0.2, 0) is 4.79 Å². The van der Waals surface area contributed by atoms with E-state index in [9.17, 15) is 4.79 Å². The number of para-hydroxylation sites is 1. The van der Waals surface area contributed by atoms with Crippen molar-refractivity contribution >= 4 is 23.4 Å². The normalized spacial score (nSPS) is 10.9. The largest absolute Gasteiger partial charge is 0.415 e. The van der Waals surface area contributed by atoms with Crippen LogP contribution in [0.4, 0.5) is 5.69 Å². The highest BCUT2D eigenvalue weighted by molar-refractivity contribution is 7.99. The van der Waals surface area contributed by atoms with Crippen molar-refractivity contribution in [1.29, 1.82) is 0 Å². The second-order valence-electron chi connectivity index (χ2n) is 6.81. The molecule has 1 N–H and O–H groups in total. The summed E-state index contributed by atoms with van der Waals surface area (Å²) in [6.45, 7) is 1.96. The van der Waals surface area contributed by atoms with Crippen LogP contribution in [0.3, 0.4) is 0 Å². The molecule has 0 spiro atoms. The SMILES string of the molecule is Cc1ccccc1NC(=O)CSc1nnc(C(c2ccccc2)c2ccccc2)o1. The number of carbonyl (C=O) groups excluding carboxylic acids is 1. The Balaban J connectivity index is 1.48. The van der Waals surface area contributed by atoms with Crippen LogP contribution in [-0.4, -0.2) is 21.9 Å². The minimum atomic E-state index is -0.157. The Labute approximate surface area is 179 Å². The molecule has 0 aliphatic heterocycles. The molecule has 0 fully saturated rings. The van der Waals surface area contributed by atoms with E-state index in [1.165, 1.54) is 11.8 Å². The summed E-state index contributed by atoms with van der Waals surface area (Å²) in [5, 5.41) is 11.7. The highest BCUT2D eigenvalue weighted by Gasteiger charge is 2.23. The summed E-state index contributed by atoms with van der Waals surface area (Å²) in [5.74, 6) is 0.429. The van der Waals surface area contributed by atoms with Gasteiger partial charge in [-0.2, -0.15) is 0 Å². The number of benzene rings is 3. The first kappa shape index (κ1) is 19.9. The smallest absolute Gasteiger partial charge is 0.277 e. The van der Waals surface area contributed by atoms with Crippen LogP contribution in [0.25, 0.3) is 0 Å². The average Bonchev–Trinajstić information content (AvgIpc) is 3.24. The van der Waals surface area contributed by atoms with Gasteiger partial charge < -0.3 is 9.73 Å². The van der Waals surface area contributed by atoms with Gasteiger partial charge >= 0.3 is 0 Å². The predicted molar refractivity (Wildman–Crippen MR) is 119 cm³/mol. The summed E-state index contributed by atoms with van der Waals surface area (Å²) in [4.78, 5) is 12.3. The topological polar surface area (TPSA) is 68.0 Å². The molecule has 0 saturated heterocycles. The van der Waals surface area contributed by atoms with Gasteiger partial charge in [-0.3, -0.25) is 4.79 Å². The maximum absolute atomic E-state index is 12.3. The van der Waals surface area contributed by atoms with Gasteiger partial charge in [-0.15, -0.1) is 10.2 Å². The van der Waals surface area contributed by atoms with Crippen molar-refractivity contribution in [2.24, 2.45) is 0 Å². The molecule has 1 amide bonds. The number of aryl methyl sites for hydroxylation is 1. The molecule has 0 aliphatic carbocycles. The molecular weight excluding hydrogens is 394 g/mol. The van der Waals surface area contributed by atoms with Crippen molar-refractivity contribution in [2.45, 2.75) is 18.1 Å². The van der Waals surface area contributed by atoms with E-state index in [4.69, 9.17) is 4.42 Å². The average molecular weight is 416 g/mol. The van der Waals surface area contributed by atoms with Crippen molar-refractivity contribution in [1.82, 2.24) is 10.2 Å². The van der Waals surface area contributed by atoms with Crippen LogP contribution < -0.4 is 5.32 Å². The molecule has 4 rings (SSSR count). The maximum Gasteiger partial charge on any atom is 0.277 e. The molecule has 1 aromatic heterocycles. The molecule has 3 aromatic carbocycles. The van der Waals surface area contributed by atoms with Crippen molar-refractivity contribution in [3.05, 3.63) is 108 Å². The van der Waals surface area contributed by atoms with Gasteiger partial charge in [0.05, 0.1) is 11.7 Å². The third kappa shape index (κ3) is 4.78. The van der Waals surface area contributed by atoms with Crippen LogP contribution >= 0.6 is 11.8 Å². The van der Waals surface area contributed by atoms with E-state index in [1.54, 1.807) is 0 Å². The minimum absolute atomic E-state index is 0.114. The summed E-state index contributed by atoms with van der Waals surface area (Å²) >= 11 is 1.23. The Hall–Kier alpha value is -3.38. The Morgan fingerprint density at radius 3 is 2.13 bits per heavy atom. The maximum atomic E-state index is 12.3. The number of hydrogen-bond acceptors (Lipinski definition) is 5. The van der Waals surface area contributed by atoms with Gasteiger partial charge in [0.15, 0.2) is 0 Å². The number of hydrogen-bond donors (Lipinski definition) is 1. The number of rotatable bonds is 7. The van der Waals surface area contributed by atoms with E-state index in [-0.39, 0.29) is 17.6 Å². The minimum Gasteiger partial charge on any atom is -0.415 e. The Kier molecular flexibility index (Phi) is 6.25. The lowest BCUT2D eigenvalue weighted by molar-refractivity contribution is -0.113. The van der Waals surface area contributed by atoms with E-state index >= 15 is 0 Å². The summed E-state index contributed by atoms with van der Waals surface area (Å²) in [7, 11) is 0. The summed E-state index contributed by atoms with van der Waals surface area (Å²) in [6.07, 6.45) is 0. The van der Waals surface area contributed by atoms with E-state index in [0.29, 0.717) is 11.1 Å². The molecule has 1 heterocycles.